The van der Waals surface area contributed by atoms with E-state index in [0.29, 0.717) is 0 Å². The number of aromatic nitrogens is 3. The second kappa shape index (κ2) is 4.68. The highest BCUT2D eigenvalue weighted by molar-refractivity contribution is 6.62. The topological polar surface area (TPSA) is 49.2 Å². The first-order valence-electron chi connectivity index (χ1n) is 10.5. The predicted molar refractivity (Wildman–Crippen MR) is 81.8 cm³/mol. The van der Waals surface area contributed by atoms with Gasteiger partial charge in [0.2, 0.25) is 0 Å². The fourth-order valence-corrected chi connectivity index (χ4v) is 1.87. The van der Waals surface area contributed by atoms with Crippen LogP contribution in [0, 0.1) is 6.85 Å². The number of pyridine rings is 1. The van der Waals surface area contributed by atoms with Crippen LogP contribution in [0.5, 0.6) is 0 Å². The van der Waals surface area contributed by atoms with Crippen molar-refractivity contribution in [3.63, 3.8) is 0 Å². The van der Waals surface area contributed by atoms with E-state index in [1.54, 1.807) is 0 Å². The molecule has 0 atom stereocenters. The first kappa shape index (κ1) is 7.56. The molecule has 110 valence electrons. The Hall–Kier alpha value is -1.66. The van der Waals surface area contributed by atoms with Crippen LogP contribution in [-0.2, 0) is 9.31 Å². The van der Waals surface area contributed by atoms with E-state index in [0.717, 1.165) is 4.68 Å². The van der Waals surface area contributed by atoms with Gasteiger partial charge in [-0.1, -0.05) is 0 Å². The second-order valence-corrected chi connectivity index (χ2v) is 5.82. The summed E-state index contributed by atoms with van der Waals surface area (Å²) in [5, 5.41) is 3.91. The van der Waals surface area contributed by atoms with Crippen LogP contribution in [0.4, 0.5) is 0 Å². The van der Waals surface area contributed by atoms with Crippen LogP contribution in [0.25, 0.3) is 5.69 Å². The number of rotatable bonds is 2. The molecule has 1 fully saturated rings. The zero-order valence-corrected chi connectivity index (χ0v) is 12.2. The van der Waals surface area contributed by atoms with Crippen molar-refractivity contribution >= 4 is 12.6 Å². The monoisotopic (exact) mass is 293 g/mol. The Kier molecular flexibility index (Phi) is 1.68. The normalized spacial score (nSPS) is 26.0. The van der Waals surface area contributed by atoms with E-state index in [1.807, 2.05) is 27.7 Å². The van der Waals surface area contributed by atoms with Crippen LogP contribution in [0.15, 0.2) is 30.7 Å². The maximum absolute atomic E-state index is 8.47. The van der Waals surface area contributed by atoms with Crippen LogP contribution in [-0.4, -0.2) is 33.1 Å². The van der Waals surface area contributed by atoms with Crippen molar-refractivity contribution < 1.29 is 20.3 Å². The first-order valence-corrected chi connectivity index (χ1v) is 6.49. The van der Waals surface area contributed by atoms with Crippen LogP contribution in [0.3, 0.4) is 0 Å². The van der Waals surface area contributed by atoms with Gasteiger partial charge in [0.15, 0.2) is 0 Å². The fourth-order valence-electron chi connectivity index (χ4n) is 1.87. The molecule has 6 heteroatoms. The van der Waals surface area contributed by atoms with Crippen LogP contribution in [0.2, 0.25) is 0 Å². The average molecular weight is 293 g/mol. The summed E-state index contributed by atoms with van der Waals surface area (Å²) in [6, 6.07) is -0.686. The second-order valence-electron chi connectivity index (χ2n) is 5.82. The Labute approximate surface area is 136 Å². The summed E-state index contributed by atoms with van der Waals surface area (Å²) in [6.07, 6.45) is -2.09. The molecule has 5 nitrogen and oxygen atoms in total. The lowest BCUT2D eigenvalue weighted by Gasteiger charge is -2.32. The Balaban J connectivity index is 2.23. The molecule has 0 saturated carbocycles. The van der Waals surface area contributed by atoms with Gasteiger partial charge in [-0.25, -0.2) is 4.68 Å². The Bertz CT molecular complexity index is 973. The van der Waals surface area contributed by atoms with Gasteiger partial charge in [-0.15, -0.1) is 0 Å². The Morgan fingerprint density at radius 1 is 1.24 bits per heavy atom. The van der Waals surface area contributed by atoms with Crippen molar-refractivity contribution in [3.05, 3.63) is 36.3 Å². The molecule has 1 aliphatic heterocycles. The largest absolute Gasteiger partial charge is 0.498 e. The van der Waals surface area contributed by atoms with E-state index in [1.165, 1.54) is 0 Å². The summed E-state index contributed by atoms with van der Waals surface area (Å²) in [7, 11) is -1.09. The molecule has 21 heavy (non-hydrogen) atoms. The van der Waals surface area contributed by atoms with Crippen LogP contribution in [0.1, 0.15) is 44.2 Å². The van der Waals surface area contributed by atoms with Crippen LogP contribution < -0.4 is 5.46 Å². The molecule has 3 rings (SSSR count). The first-order chi connectivity index (χ1) is 13.1. The molecule has 0 radical (unpaired) electrons. The van der Waals surface area contributed by atoms with Gasteiger partial charge < -0.3 is 9.31 Å². The van der Waals surface area contributed by atoms with Crippen molar-refractivity contribution in [2.45, 2.75) is 45.7 Å². The van der Waals surface area contributed by atoms with Crippen molar-refractivity contribution in [1.82, 2.24) is 14.8 Å². The molecule has 2 aromatic rings. The van der Waals surface area contributed by atoms with Crippen molar-refractivity contribution in [2.24, 2.45) is 0 Å². The van der Waals surface area contributed by atoms with E-state index in [2.05, 4.69) is 10.1 Å². The Morgan fingerprint density at radius 3 is 2.62 bits per heavy atom. The smallest absolute Gasteiger partial charge is 0.399 e. The molecule has 1 saturated heterocycles. The highest BCUT2D eigenvalue weighted by atomic mass is 16.7. The third kappa shape index (κ3) is 2.38. The SMILES string of the molecule is [2H]c1nc([2H])c(-n2nc([2H])c(B3OC(C)(C)C(C)(C)O3)c2[2H])c(C([2H])([2H])[2H])c1[2H]. The van der Waals surface area contributed by atoms with E-state index in [9.17, 15) is 0 Å². The molecule has 2 aromatic heterocycles. The third-order valence-electron chi connectivity index (χ3n) is 3.83. The standard InChI is InChI=1S/C15H20BN3O2/c1-11-6-7-17-9-13(11)19-10-12(8-18-19)16-20-14(2,3)15(4,5)21-16/h6-10H,1-5H3/i1D3,6D,7D,8D,9D,10D. The lowest BCUT2D eigenvalue weighted by Crippen LogP contribution is -2.41. The maximum Gasteiger partial charge on any atom is 0.498 e. The molecule has 0 aromatic carbocycles. The molecule has 0 unspecified atom stereocenters. The van der Waals surface area contributed by atoms with Crippen molar-refractivity contribution in [1.29, 1.82) is 0 Å². The van der Waals surface area contributed by atoms with E-state index in [-0.39, 0.29) is 11.6 Å². The molecular formula is C15H20BN3O2. The molecule has 0 bridgehead atoms. The third-order valence-corrected chi connectivity index (χ3v) is 3.83. The number of hydrogen-bond donors (Lipinski definition) is 0. The van der Waals surface area contributed by atoms with Crippen LogP contribution >= 0.6 is 0 Å². The number of hydrogen-bond acceptors (Lipinski definition) is 4. The van der Waals surface area contributed by atoms with Crippen molar-refractivity contribution in [3.8, 4) is 5.69 Å². The summed E-state index contributed by atoms with van der Waals surface area (Å²) in [5.74, 6) is 0. The van der Waals surface area contributed by atoms with Gasteiger partial charge in [0, 0.05) is 28.1 Å². The quantitative estimate of drug-likeness (QED) is 0.793. The maximum atomic E-state index is 8.47. The predicted octanol–water partition coefficient (Wildman–Crippen LogP) is 1.87. The highest BCUT2D eigenvalue weighted by Crippen LogP contribution is 2.36. The summed E-state index contributed by atoms with van der Waals surface area (Å²) in [6.45, 7) is 4.38. The molecule has 0 spiro atoms. The van der Waals surface area contributed by atoms with E-state index in [4.69, 9.17) is 20.3 Å². The van der Waals surface area contributed by atoms with Gasteiger partial charge >= 0.3 is 7.12 Å². The zero-order valence-electron chi connectivity index (χ0n) is 20.2. The molecule has 1 aliphatic rings. The minimum atomic E-state index is -2.86. The fraction of sp³-hybridized carbons (Fsp3) is 0.467. The minimum Gasteiger partial charge on any atom is -0.399 e. The summed E-state index contributed by atoms with van der Waals surface area (Å²) < 4.78 is 76.0. The minimum absolute atomic E-state index is 0.0268. The summed E-state index contributed by atoms with van der Waals surface area (Å²) in [5.41, 5.74) is -2.55. The highest BCUT2D eigenvalue weighted by Gasteiger charge is 2.52. The van der Waals surface area contributed by atoms with Gasteiger partial charge in [0.25, 0.3) is 0 Å². The van der Waals surface area contributed by atoms with Gasteiger partial charge in [-0.3, -0.25) is 4.98 Å². The lowest BCUT2D eigenvalue weighted by molar-refractivity contribution is 0.00578. The van der Waals surface area contributed by atoms with Gasteiger partial charge in [-0.05, 0) is 46.2 Å². The molecule has 0 aliphatic carbocycles. The zero-order chi connectivity index (χ0) is 22.1. The molecule has 0 N–H and O–H groups in total. The molecular weight excluding hydrogens is 265 g/mol. The van der Waals surface area contributed by atoms with Gasteiger partial charge in [0.05, 0.1) is 29.9 Å². The average Bonchev–Trinajstić information content (AvgIpc) is 2.93. The van der Waals surface area contributed by atoms with Gasteiger partial charge in [-0.2, -0.15) is 5.10 Å². The Morgan fingerprint density at radius 2 is 1.95 bits per heavy atom. The summed E-state index contributed by atoms with van der Waals surface area (Å²) >= 11 is 0. The van der Waals surface area contributed by atoms with E-state index < -0.39 is 61.0 Å². The lowest BCUT2D eigenvalue weighted by atomic mass is 9.82. The molecule has 3 heterocycles. The van der Waals surface area contributed by atoms with Crippen molar-refractivity contribution in [2.75, 3.05) is 0 Å². The molecule has 0 amide bonds. The summed E-state index contributed by atoms with van der Waals surface area (Å²) in [4.78, 5) is 3.58. The number of nitrogens with zero attached hydrogens (tertiary/aromatic N) is 3. The van der Waals surface area contributed by atoms with E-state index >= 15 is 0 Å². The van der Waals surface area contributed by atoms with Gasteiger partial charge in [0.1, 0.15) is 0 Å².